The number of carboxylic acid groups (broad SMARTS) is 1. The summed E-state index contributed by atoms with van der Waals surface area (Å²) in [5.74, 6) is -1.56. The minimum atomic E-state index is -3.80. The lowest BCUT2D eigenvalue weighted by molar-refractivity contribution is -0.144. The van der Waals surface area contributed by atoms with Gasteiger partial charge in [0.25, 0.3) is 10.0 Å². The van der Waals surface area contributed by atoms with E-state index in [-0.39, 0.29) is 22.5 Å². The molecule has 0 aromatic carbocycles. The first-order valence-electron chi connectivity index (χ1n) is 6.73. The monoisotopic (exact) mass is 335 g/mol. The Labute approximate surface area is 128 Å². The van der Waals surface area contributed by atoms with Crippen LogP contribution in [0.15, 0.2) is 11.2 Å². The molecule has 0 amide bonds. The number of aliphatic carboxylic acids is 1. The molecule has 0 bridgehead atoms. The van der Waals surface area contributed by atoms with Crippen molar-refractivity contribution >= 4 is 27.6 Å². The van der Waals surface area contributed by atoms with Crippen molar-refractivity contribution < 1.29 is 18.3 Å². The van der Waals surface area contributed by atoms with Crippen molar-refractivity contribution in [1.82, 2.24) is 14.5 Å². The number of carboxylic acids is 1. The number of nitrogens with zero attached hydrogens (tertiary/aromatic N) is 2. The number of sulfonamides is 1. The molecule has 1 fully saturated rings. The molecular formula is C12H18ClN3O4S. The van der Waals surface area contributed by atoms with E-state index in [0.717, 1.165) is 12.8 Å². The predicted octanol–water partition coefficient (Wildman–Crippen LogP) is 1.24. The van der Waals surface area contributed by atoms with E-state index in [2.05, 4.69) is 9.82 Å². The molecule has 1 aromatic rings. The summed E-state index contributed by atoms with van der Waals surface area (Å²) in [4.78, 5) is 11.2. The Morgan fingerprint density at radius 2 is 2.19 bits per heavy atom. The van der Waals surface area contributed by atoms with Crippen LogP contribution in [0.3, 0.4) is 0 Å². The van der Waals surface area contributed by atoms with Crippen molar-refractivity contribution in [3.63, 3.8) is 0 Å². The summed E-state index contributed by atoms with van der Waals surface area (Å²) in [6, 6.07) is 0. The van der Waals surface area contributed by atoms with Crippen LogP contribution in [0.4, 0.5) is 0 Å². The molecule has 9 heteroatoms. The first kappa shape index (κ1) is 16.3. The molecule has 1 aliphatic rings. The highest BCUT2D eigenvalue weighted by atomic mass is 35.5. The summed E-state index contributed by atoms with van der Waals surface area (Å²) in [6.07, 6.45) is 4.35. The van der Waals surface area contributed by atoms with E-state index < -0.39 is 21.9 Å². The largest absolute Gasteiger partial charge is 0.481 e. The Balaban J connectivity index is 2.09. The first-order chi connectivity index (χ1) is 9.83. The Bertz CT molecular complexity index is 609. The van der Waals surface area contributed by atoms with Crippen LogP contribution in [0, 0.1) is 11.8 Å². The number of carbonyl (C=O) groups is 1. The van der Waals surface area contributed by atoms with E-state index in [1.165, 1.54) is 17.9 Å². The lowest BCUT2D eigenvalue weighted by atomic mass is 9.79. The van der Waals surface area contributed by atoms with E-state index in [4.69, 9.17) is 11.6 Å². The van der Waals surface area contributed by atoms with Crippen LogP contribution in [-0.4, -0.2) is 35.8 Å². The van der Waals surface area contributed by atoms with Gasteiger partial charge >= 0.3 is 5.97 Å². The van der Waals surface area contributed by atoms with E-state index in [1.807, 2.05) is 0 Å². The second-order valence-electron chi connectivity index (χ2n) is 5.26. The van der Waals surface area contributed by atoms with Crippen LogP contribution in [0.5, 0.6) is 0 Å². The highest BCUT2D eigenvalue weighted by Crippen LogP contribution is 2.30. The fourth-order valence-corrected chi connectivity index (χ4v) is 4.51. The third-order valence-electron chi connectivity index (χ3n) is 3.86. The number of hydrogen-bond donors (Lipinski definition) is 2. The SMILES string of the molecule is Cn1ncc(Cl)c1S(=O)(=O)NCC1CCCCC1C(=O)O. The number of rotatable bonds is 5. The van der Waals surface area contributed by atoms with Gasteiger partial charge in [-0.25, -0.2) is 13.1 Å². The van der Waals surface area contributed by atoms with Crippen LogP contribution >= 0.6 is 11.6 Å². The van der Waals surface area contributed by atoms with E-state index in [1.54, 1.807) is 0 Å². The van der Waals surface area contributed by atoms with Gasteiger partial charge in [0.05, 0.1) is 17.1 Å². The first-order valence-corrected chi connectivity index (χ1v) is 8.59. The van der Waals surface area contributed by atoms with Gasteiger partial charge in [-0.3, -0.25) is 9.48 Å². The van der Waals surface area contributed by atoms with Gasteiger partial charge in [-0.15, -0.1) is 0 Å². The maximum absolute atomic E-state index is 12.3. The van der Waals surface area contributed by atoms with Crippen molar-refractivity contribution in [2.45, 2.75) is 30.7 Å². The Morgan fingerprint density at radius 3 is 2.76 bits per heavy atom. The predicted molar refractivity (Wildman–Crippen MR) is 76.5 cm³/mol. The molecule has 0 aliphatic heterocycles. The molecule has 2 N–H and O–H groups in total. The molecule has 2 atom stereocenters. The molecule has 0 saturated heterocycles. The summed E-state index contributed by atoms with van der Waals surface area (Å²) in [5.41, 5.74) is 0. The van der Waals surface area contributed by atoms with E-state index in [9.17, 15) is 18.3 Å². The number of aromatic nitrogens is 2. The van der Waals surface area contributed by atoms with Gasteiger partial charge in [-0.1, -0.05) is 24.4 Å². The van der Waals surface area contributed by atoms with Crippen molar-refractivity contribution in [3.8, 4) is 0 Å². The molecule has 0 radical (unpaired) electrons. The second-order valence-corrected chi connectivity index (χ2v) is 7.35. The highest BCUT2D eigenvalue weighted by Gasteiger charge is 2.32. The number of aryl methyl sites for hydroxylation is 1. The van der Waals surface area contributed by atoms with Crippen LogP contribution < -0.4 is 4.72 Å². The zero-order valence-corrected chi connectivity index (χ0v) is 13.2. The van der Waals surface area contributed by atoms with E-state index in [0.29, 0.717) is 12.8 Å². The third kappa shape index (κ3) is 3.56. The van der Waals surface area contributed by atoms with Crippen molar-refractivity contribution in [2.24, 2.45) is 18.9 Å². The molecule has 0 spiro atoms. The zero-order valence-electron chi connectivity index (χ0n) is 11.6. The summed E-state index contributed by atoms with van der Waals surface area (Å²) in [5, 5.41) is 12.9. The fourth-order valence-electron chi connectivity index (χ4n) is 2.76. The Hall–Kier alpha value is -1.12. The van der Waals surface area contributed by atoms with Gasteiger partial charge in [-0.2, -0.15) is 5.10 Å². The average molecular weight is 336 g/mol. The second kappa shape index (κ2) is 6.33. The topological polar surface area (TPSA) is 101 Å². The Morgan fingerprint density at radius 1 is 1.52 bits per heavy atom. The Kier molecular flexibility index (Phi) is 4.90. The minimum Gasteiger partial charge on any atom is -0.481 e. The number of nitrogens with one attached hydrogen (secondary N) is 1. The van der Waals surface area contributed by atoms with Gasteiger partial charge in [0.15, 0.2) is 5.03 Å². The molecule has 21 heavy (non-hydrogen) atoms. The van der Waals surface area contributed by atoms with Gasteiger partial charge in [0.2, 0.25) is 0 Å². The molecular weight excluding hydrogens is 318 g/mol. The van der Waals surface area contributed by atoms with Gasteiger partial charge < -0.3 is 5.11 Å². The fraction of sp³-hybridized carbons (Fsp3) is 0.667. The van der Waals surface area contributed by atoms with Crippen molar-refractivity contribution in [1.29, 1.82) is 0 Å². The molecule has 1 aromatic heterocycles. The molecule has 118 valence electrons. The molecule has 1 saturated carbocycles. The van der Waals surface area contributed by atoms with Crippen LogP contribution in [0.1, 0.15) is 25.7 Å². The maximum Gasteiger partial charge on any atom is 0.306 e. The van der Waals surface area contributed by atoms with Crippen LogP contribution in [0.2, 0.25) is 5.02 Å². The lowest BCUT2D eigenvalue weighted by Crippen LogP contribution is -2.37. The number of hydrogen-bond acceptors (Lipinski definition) is 4. The molecule has 7 nitrogen and oxygen atoms in total. The van der Waals surface area contributed by atoms with Crippen LogP contribution in [-0.2, 0) is 21.9 Å². The van der Waals surface area contributed by atoms with Gasteiger partial charge in [0.1, 0.15) is 0 Å². The van der Waals surface area contributed by atoms with Gasteiger partial charge in [-0.05, 0) is 18.8 Å². The summed E-state index contributed by atoms with van der Waals surface area (Å²) >= 11 is 5.83. The molecule has 1 aliphatic carbocycles. The minimum absolute atomic E-state index is 0.0448. The third-order valence-corrected chi connectivity index (χ3v) is 5.79. The quantitative estimate of drug-likeness (QED) is 0.843. The average Bonchev–Trinajstić information content (AvgIpc) is 2.77. The standard InChI is InChI=1S/C12H18ClN3O4S/c1-16-11(10(13)7-14-16)21(19,20)15-6-8-4-2-3-5-9(8)12(17)18/h7-9,15H,2-6H2,1H3,(H,17,18). The summed E-state index contributed by atoms with van der Waals surface area (Å²) in [6.45, 7) is 0.0980. The van der Waals surface area contributed by atoms with Crippen molar-refractivity contribution in [2.75, 3.05) is 6.54 Å². The molecule has 1 heterocycles. The molecule has 2 unspecified atom stereocenters. The summed E-state index contributed by atoms with van der Waals surface area (Å²) < 4.78 is 28.1. The normalized spacial score (nSPS) is 23.1. The number of halogens is 1. The molecule has 2 rings (SSSR count). The summed E-state index contributed by atoms with van der Waals surface area (Å²) in [7, 11) is -2.31. The highest BCUT2D eigenvalue weighted by molar-refractivity contribution is 7.89. The van der Waals surface area contributed by atoms with Crippen LogP contribution in [0.25, 0.3) is 0 Å². The van der Waals surface area contributed by atoms with Crippen molar-refractivity contribution in [3.05, 3.63) is 11.2 Å². The van der Waals surface area contributed by atoms with E-state index >= 15 is 0 Å². The van der Waals surface area contributed by atoms with Gasteiger partial charge in [0, 0.05) is 13.6 Å². The smallest absolute Gasteiger partial charge is 0.306 e. The lowest BCUT2D eigenvalue weighted by Gasteiger charge is -2.28. The zero-order chi connectivity index (χ0) is 15.6. The maximum atomic E-state index is 12.3.